The van der Waals surface area contributed by atoms with Crippen LogP contribution in [0, 0.1) is 0 Å². The highest BCUT2D eigenvalue weighted by atomic mass is 32.2. The van der Waals surface area contributed by atoms with Crippen molar-refractivity contribution in [2.45, 2.75) is 17.2 Å². The lowest BCUT2D eigenvalue weighted by Crippen LogP contribution is -2.10. The second kappa shape index (κ2) is 3.36. The standard InChI is InChI=1S/C8H13N3O2S/c1-14(12,13)7-5-10-11-8(7)6-2-3-9-4-6/h5-6,9H,2-4H2,1H3,(H,10,11)/t6-/m1/s1. The number of nitrogens with one attached hydrogen (secondary N) is 2. The second-order valence-corrected chi connectivity index (χ2v) is 5.59. The molecule has 1 atom stereocenters. The van der Waals surface area contributed by atoms with E-state index in [9.17, 15) is 8.42 Å². The molecule has 0 aromatic carbocycles. The summed E-state index contributed by atoms with van der Waals surface area (Å²) in [7, 11) is -3.15. The molecule has 2 rings (SSSR count). The number of sulfone groups is 1. The van der Waals surface area contributed by atoms with E-state index in [0.717, 1.165) is 25.2 Å². The first kappa shape index (κ1) is 9.67. The van der Waals surface area contributed by atoms with E-state index in [2.05, 4.69) is 15.5 Å². The zero-order chi connectivity index (χ0) is 10.2. The minimum Gasteiger partial charge on any atom is -0.316 e. The van der Waals surface area contributed by atoms with Crippen LogP contribution >= 0.6 is 0 Å². The van der Waals surface area contributed by atoms with Crippen LogP contribution in [0.5, 0.6) is 0 Å². The molecule has 14 heavy (non-hydrogen) atoms. The third-order valence-corrected chi connectivity index (χ3v) is 3.62. The Morgan fingerprint density at radius 2 is 2.36 bits per heavy atom. The molecule has 0 unspecified atom stereocenters. The van der Waals surface area contributed by atoms with Crippen LogP contribution in [0.1, 0.15) is 18.0 Å². The van der Waals surface area contributed by atoms with Crippen LogP contribution in [0.3, 0.4) is 0 Å². The Hall–Kier alpha value is -0.880. The average molecular weight is 215 g/mol. The molecule has 1 aliphatic rings. The molecule has 1 fully saturated rings. The second-order valence-electron chi connectivity index (χ2n) is 3.61. The quantitative estimate of drug-likeness (QED) is 0.722. The molecule has 0 spiro atoms. The molecule has 0 amide bonds. The third-order valence-electron chi connectivity index (χ3n) is 2.50. The fraction of sp³-hybridized carbons (Fsp3) is 0.625. The SMILES string of the molecule is CS(=O)(=O)c1cn[nH]c1[C@@H]1CCNC1. The van der Waals surface area contributed by atoms with E-state index in [4.69, 9.17) is 0 Å². The van der Waals surface area contributed by atoms with Crippen molar-refractivity contribution in [3.8, 4) is 0 Å². The topological polar surface area (TPSA) is 74.8 Å². The van der Waals surface area contributed by atoms with Gasteiger partial charge < -0.3 is 5.32 Å². The monoisotopic (exact) mass is 215 g/mol. The Morgan fingerprint density at radius 3 is 2.93 bits per heavy atom. The fourth-order valence-corrected chi connectivity index (χ4v) is 2.63. The molecular weight excluding hydrogens is 202 g/mol. The summed E-state index contributed by atoms with van der Waals surface area (Å²) in [6, 6.07) is 0. The first-order chi connectivity index (χ1) is 6.59. The lowest BCUT2D eigenvalue weighted by Gasteiger charge is -2.07. The van der Waals surface area contributed by atoms with Gasteiger partial charge in [-0.2, -0.15) is 5.10 Å². The van der Waals surface area contributed by atoms with E-state index in [1.54, 1.807) is 0 Å². The first-order valence-corrected chi connectivity index (χ1v) is 6.42. The lowest BCUT2D eigenvalue weighted by molar-refractivity contribution is 0.598. The van der Waals surface area contributed by atoms with Crippen LogP contribution in [0.2, 0.25) is 0 Å². The molecular formula is C8H13N3O2S. The van der Waals surface area contributed by atoms with Crippen LogP contribution in [0.4, 0.5) is 0 Å². The molecule has 0 bridgehead atoms. The molecule has 78 valence electrons. The first-order valence-electron chi connectivity index (χ1n) is 4.53. The molecule has 0 saturated carbocycles. The zero-order valence-electron chi connectivity index (χ0n) is 7.95. The van der Waals surface area contributed by atoms with Crippen molar-refractivity contribution < 1.29 is 8.42 Å². The summed E-state index contributed by atoms with van der Waals surface area (Å²) in [6.45, 7) is 1.76. The molecule has 1 aromatic rings. The van der Waals surface area contributed by atoms with Gasteiger partial charge >= 0.3 is 0 Å². The van der Waals surface area contributed by atoms with Gasteiger partial charge in [0.05, 0.1) is 11.9 Å². The minimum atomic E-state index is -3.15. The minimum absolute atomic E-state index is 0.252. The van der Waals surface area contributed by atoms with Crippen molar-refractivity contribution >= 4 is 9.84 Å². The van der Waals surface area contributed by atoms with Crippen molar-refractivity contribution in [2.24, 2.45) is 0 Å². The number of hydrogen-bond acceptors (Lipinski definition) is 4. The van der Waals surface area contributed by atoms with Gasteiger partial charge in [0.2, 0.25) is 0 Å². The molecule has 6 heteroatoms. The maximum atomic E-state index is 11.4. The Labute approximate surface area is 82.8 Å². The van der Waals surface area contributed by atoms with Crippen molar-refractivity contribution in [1.82, 2.24) is 15.5 Å². The predicted octanol–water partition coefficient (Wildman–Crippen LogP) is -0.110. The van der Waals surface area contributed by atoms with Gasteiger partial charge in [0.25, 0.3) is 0 Å². The molecule has 0 aliphatic carbocycles. The van der Waals surface area contributed by atoms with Crippen LogP contribution in [-0.2, 0) is 9.84 Å². The van der Waals surface area contributed by atoms with Crippen LogP contribution in [0.15, 0.2) is 11.1 Å². The summed E-state index contributed by atoms with van der Waals surface area (Å²) in [4.78, 5) is 0.339. The van der Waals surface area contributed by atoms with E-state index in [-0.39, 0.29) is 5.92 Å². The summed E-state index contributed by atoms with van der Waals surface area (Å²) < 4.78 is 22.8. The lowest BCUT2D eigenvalue weighted by atomic mass is 10.1. The molecule has 0 radical (unpaired) electrons. The highest BCUT2D eigenvalue weighted by molar-refractivity contribution is 7.90. The number of aromatic amines is 1. The van der Waals surface area contributed by atoms with Gasteiger partial charge in [-0.25, -0.2) is 8.42 Å². The third kappa shape index (κ3) is 1.67. The Balaban J connectivity index is 2.39. The van der Waals surface area contributed by atoms with Gasteiger partial charge in [0, 0.05) is 18.7 Å². The van der Waals surface area contributed by atoms with E-state index in [1.807, 2.05) is 0 Å². The molecule has 1 saturated heterocycles. The average Bonchev–Trinajstić information content (AvgIpc) is 2.73. The molecule has 1 aliphatic heterocycles. The highest BCUT2D eigenvalue weighted by Gasteiger charge is 2.25. The van der Waals surface area contributed by atoms with Crippen molar-refractivity contribution in [3.05, 3.63) is 11.9 Å². The molecule has 2 N–H and O–H groups in total. The maximum absolute atomic E-state index is 11.4. The van der Waals surface area contributed by atoms with E-state index in [1.165, 1.54) is 12.5 Å². The fourth-order valence-electron chi connectivity index (χ4n) is 1.77. The van der Waals surface area contributed by atoms with Crippen LogP contribution < -0.4 is 5.32 Å². The highest BCUT2D eigenvalue weighted by Crippen LogP contribution is 2.25. The number of rotatable bonds is 2. The Kier molecular flexibility index (Phi) is 2.32. The van der Waals surface area contributed by atoms with Gasteiger partial charge in [-0.05, 0) is 13.0 Å². The summed E-state index contributed by atoms with van der Waals surface area (Å²) in [5.74, 6) is 0.252. The normalized spacial score (nSPS) is 22.8. The van der Waals surface area contributed by atoms with E-state index < -0.39 is 9.84 Å². The summed E-state index contributed by atoms with van der Waals surface area (Å²) in [5, 5.41) is 9.78. The van der Waals surface area contributed by atoms with Crippen molar-refractivity contribution in [2.75, 3.05) is 19.3 Å². The van der Waals surface area contributed by atoms with Gasteiger partial charge in [0.1, 0.15) is 4.90 Å². The van der Waals surface area contributed by atoms with E-state index in [0.29, 0.717) is 4.90 Å². The van der Waals surface area contributed by atoms with Gasteiger partial charge in [0.15, 0.2) is 9.84 Å². The summed E-state index contributed by atoms with van der Waals surface area (Å²) in [5.41, 5.74) is 0.748. The Bertz CT molecular complexity index is 418. The molecule has 5 nitrogen and oxygen atoms in total. The largest absolute Gasteiger partial charge is 0.316 e. The van der Waals surface area contributed by atoms with Crippen molar-refractivity contribution in [1.29, 1.82) is 0 Å². The molecule has 1 aromatic heterocycles. The van der Waals surface area contributed by atoms with Crippen LogP contribution in [0.25, 0.3) is 0 Å². The number of aromatic nitrogens is 2. The van der Waals surface area contributed by atoms with Crippen LogP contribution in [-0.4, -0.2) is 38.0 Å². The zero-order valence-corrected chi connectivity index (χ0v) is 8.76. The number of nitrogens with zero attached hydrogens (tertiary/aromatic N) is 1. The maximum Gasteiger partial charge on any atom is 0.178 e. The predicted molar refractivity (Wildman–Crippen MR) is 51.9 cm³/mol. The van der Waals surface area contributed by atoms with Gasteiger partial charge in [-0.1, -0.05) is 0 Å². The van der Waals surface area contributed by atoms with E-state index >= 15 is 0 Å². The molecule has 2 heterocycles. The Morgan fingerprint density at radius 1 is 1.57 bits per heavy atom. The summed E-state index contributed by atoms with van der Waals surface area (Å²) >= 11 is 0. The smallest absolute Gasteiger partial charge is 0.178 e. The van der Waals surface area contributed by atoms with Gasteiger partial charge in [-0.3, -0.25) is 5.10 Å². The number of H-pyrrole nitrogens is 1. The van der Waals surface area contributed by atoms with Gasteiger partial charge in [-0.15, -0.1) is 0 Å². The van der Waals surface area contributed by atoms with Crippen molar-refractivity contribution in [3.63, 3.8) is 0 Å². The summed E-state index contributed by atoms with van der Waals surface area (Å²) in [6.07, 6.45) is 3.57. The number of hydrogen-bond donors (Lipinski definition) is 2.